The van der Waals surface area contributed by atoms with Crippen molar-refractivity contribution < 1.29 is 14.0 Å². The van der Waals surface area contributed by atoms with Crippen LogP contribution in [0.3, 0.4) is 0 Å². The summed E-state index contributed by atoms with van der Waals surface area (Å²) in [4.78, 5) is 27.9. The van der Waals surface area contributed by atoms with Gasteiger partial charge in [-0.2, -0.15) is 0 Å². The molecule has 0 aromatic heterocycles. The topological polar surface area (TPSA) is 40.6 Å². The second kappa shape index (κ2) is 5.16. The molecule has 1 aromatic rings. The Morgan fingerprint density at radius 1 is 1.25 bits per heavy atom. The average Bonchev–Trinajstić information content (AvgIpc) is 2.43. The predicted molar refractivity (Wildman–Crippen MR) is 75.8 cm³/mol. The highest BCUT2D eigenvalue weighted by Gasteiger charge is 2.41. The lowest BCUT2D eigenvalue weighted by Gasteiger charge is -2.42. The van der Waals surface area contributed by atoms with Gasteiger partial charge >= 0.3 is 0 Å². The van der Waals surface area contributed by atoms with E-state index in [-0.39, 0.29) is 30.2 Å². The fourth-order valence-corrected chi connectivity index (χ4v) is 3.44. The number of rotatable bonds is 1. The maximum absolute atomic E-state index is 13.1. The molecular weight excluding hydrogens is 327 g/mol. The van der Waals surface area contributed by atoms with Gasteiger partial charge in [0.1, 0.15) is 18.4 Å². The molecule has 106 valence electrons. The summed E-state index contributed by atoms with van der Waals surface area (Å²) in [5.41, 5.74) is 0.551. The van der Waals surface area contributed by atoms with Crippen LogP contribution in [0.1, 0.15) is 19.3 Å². The SMILES string of the molecule is O=C1C2CCCCN2C(=O)CN1c1ccc(F)cc1Br. The van der Waals surface area contributed by atoms with Crippen molar-refractivity contribution in [3.63, 3.8) is 0 Å². The number of carbonyl (C=O) groups excluding carboxylic acids is 2. The fraction of sp³-hybridized carbons (Fsp3) is 0.429. The van der Waals surface area contributed by atoms with Crippen LogP contribution in [0.2, 0.25) is 0 Å². The first kappa shape index (κ1) is 13.5. The molecule has 6 heteroatoms. The Hall–Kier alpha value is -1.43. The van der Waals surface area contributed by atoms with Gasteiger partial charge in [0.15, 0.2) is 0 Å². The maximum Gasteiger partial charge on any atom is 0.250 e. The van der Waals surface area contributed by atoms with Crippen LogP contribution in [-0.4, -0.2) is 35.8 Å². The largest absolute Gasteiger partial charge is 0.329 e. The summed E-state index contributed by atoms with van der Waals surface area (Å²) in [6.07, 6.45) is 2.62. The van der Waals surface area contributed by atoms with Gasteiger partial charge in [-0.1, -0.05) is 0 Å². The molecule has 0 aliphatic carbocycles. The van der Waals surface area contributed by atoms with Gasteiger partial charge < -0.3 is 9.80 Å². The molecule has 0 spiro atoms. The molecule has 3 rings (SSSR count). The van der Waals surface area contributed by atoms with Gasteiger partial charge in [-0.15, -0.1) is 0 Å². The van der Waals surface area contributed by atoms with E-state index in [0.29, 0.717) is 23.1 Å². The van der Waals surface area contributed by atoms with E-state index in [2.05, 4.69) is 15.9 Å². The summed E-state index contributed by atoms with van der Waals surface area (Å²) in [6, 6.07) is 3.77. The third-order valence-electron chi connectivity index (χ3n) is 3.87. The van der Waals surface area contributed by atoms with Crippen LogP contribution in [0, 0.1) is 5.82 Å². The Morgan fingerprint density at radius 3 is 2.80 bits per heavy atom. The summed E-state index contributed by atoms with van der Waals surface area (Å²) in [5, 5.41) is 0. The van der Waals surface area contributed by atoms with E-state index in [9.17, 15) is 14.0 Å². The first-order chi connectivity index (χ1) is 9.58. The van der Waals surface area contributed by atoms with Gasteiger partial charge in [0.2, 0.25) is 11.8 Å². The van der Waals surface area contributed by atoms with Gasteiger partial charge in [0.05, 0.1) is 5.69 Å². The number of hydrogen-bond acceptors (Lipinski definition) is 2. The number of anilines is 1. The smallest absolute Gasteiger partial charge is 0.250 e. The number of hydrogen-bond donors (Lipinski definition) is 0. The number of nitrogens with zero attached hydrogens (tertiary/aromatic N) is 2. The van der Waals surface area contributed by atoms with Gasteiger partial charge in [0.25, 0.3) is 0 Å². The van der Waals surface area contributed by atoms with Crippen LogP contribution < -0.4 is 4.90 Å². The van der Waals surface area contributed by atoms with E-state index >= 15 is 0 Å². The van der Waals surface area contributed by atoms with Crippen LogP contribution in [-0.2, 0) is 9.59 Å². The minimum atomic E-state index is -0.379. The van der Waals surface area contributed by atoms with Crippen LogP contribution in [0.25, 0.3) is 0 Å². The summed E-state index contributed by atoms with van der Waals surface area (Å²) in [6.45, 7) is 0.688. The lowest BCUT2D eigenvalue weighted by atomic mass is 9.98. The highest BCUT2D eigenvalue weighted by molar-refractivity contribution is 9.10. The Balaban J connectivity index is 1.94. The molecule has 1 unspecified atom stereocenters. The van der Waals surface area contributed by atoms with E-state index in [1.165, 1.54) is 23.1 Å². The molecule has 0 N–H and O–H groups in total. The molecule has 20 heavy (non-hydrogen) atoms. The van der Waals surface area contributed by atoms with Crippen molar-refractivity contribution in [2.45, 2.75) is 25.3 Å². The minimum Gasteiger partial charge on any atom is -0.329 e. The van der Waals surface area contributed by atoms with E-state index < -0.39 is 0 Å². The Kier molecular flexibility index (Phi) is 3.50. The van der Waals surface area contributed by atoms with Gasteiger partial charge in [-0.3, -0.25) is 9.59 Å². The second-order valence-corrected chi connectivity index (χ2v) is 5.97. The number of piperazine rings is 1. The Morgan fingerprint density at radius 2 is 2.05 bits per heavy atom. The molecule has 1 atom stereocenters. The van der Waals surface area contributed by atoms with E-state index in [4.69, 9.17) is 0 Å². The van der Waals surface area contributed by atoms with Crippen LogP contribution >= 0.6 is 15.9 Å². The normalized spacial score (nSPS) is 23.0. The summed E-state index contributed by atoms with van der Waals surface area (Å²) in [7, 11) is 0. The quantitative estimate of drug-likeness (QED) is 0.787. The molecule has 2 fully saturated rings. The number of piperidine rings is 1. The molecular formula is C14H14BrFN2O2. The molecule has 2 aliphatic rings. The van der Waals surface area contributed by atoms with E-state index in [0.717, 1.165) is 12.8 Å². The number of carbonyl (C=O) groups is 2. The van der Waals surface area contributed by atoms with Crippen LogP contribution in [0.4, 0.5) is 10.1 Å². The van der Waals surface area contributed by atoms with Crippen molar-refractivity contribution in [2.75, 3.05) is 18.0 Å². The van der Waals surface area contributed by atoms with Crippen LogP contribution in [0.15, 0.2) is 22.7 Å². The Bertz CT molecular complexity index is 578. The van der Waals surface area contributed by atoms with Gasteiger partial charge in [0, 0.05) is 11.0 Å². The van der Waals surface area contributed by atoms with Crippen molar-refractivity contribution in [1.29, 1.82) is 0 Å². The van der Waals surface area contributed by atoms with Crippen molar-refractivity contribution in [3.8, 4) is 0 Å². The zero-order valence-electron chi connectivity index (χ0n) is 10.8. The van der Waals surface area contributed by atoms with Gasteiger partial charge in [-0.25, -0.2) is 4.39 Å². The zero-order chi connectivity index (χ0) is 14.3. The molecule has 2 amide bonds. The number of benzene rings is 1. The monoisotopic (exact) mass is 340 g/mol. The third-order valence-corrected chi connectivity index (χ3v) is 4.50. The number of fused-ring (bicyclic) bond motifs is 1. The standard InChI is InChI=1S/C14H14BrFN2O2/c15-10-7-9(16)4-5-11(10)18-8-13(19)17-6-2-1-3-12(17)14(18)20/h4-5,7,12H,1-3,6,8H2. The summed E-state index contributed by atoms with van der Waals surface area (Å²) in [5.74, 6) is -0.488. The fourth-order valence-electron chi connectivity index (χ4n) is 2.87. The van der Waals surface area contributed by atoms with Crippen molar-refractivity contribution in [1.82, 2.24) is 4.90 Å². The third kappa shape index (κ3) is 2.22. The average molecular weight is 341 g/mol. The van der Waals surface area contributed by atoms with Crippen molar-refractivity contribution in [2.24, 2.45) is 0 Å². The number of halogens is 2. The first-order valence-corrected chi connectivity index (χ1v) is 7.43. The highest BCUT2D eigenvalue weighted by atomic mass is 79.9. The zero-order valence-corrected chi connectivity index (χ0v) is 12.4. The molecule has 4 nitrogen and oxygen atoms in total. The first-order valence-electron chi connectivity index (χ1n) is 6.64. The van der Waals surface area contributed by atoms with E-state index in [1.54, 1.807) is 4.90 Å². The van der Waals surface area contributed by atoms with E-state index in [1.807, 2.05) is 0 Å². The van der Waals surface area contributed by atoms with Gasteiger partial charge in [-0.05, 0) is 53.4 Å². The predicted octanol–water partition coefficient (Wildman–Crippen LogP) is 2.32. The van der Waals surface area contributed by atoms with Crippen LogP contribution in [0.5, 0.6) is 0 Å². The maximum atomic E-state index is 13.1. The second-order valence-electron chi connectivity index (χ2n) is 5.12. The number of amides is 2. The molecule has 0 saturated carbocycles. The van der Waals surface area contributed by atoms with Crippen molar-refractivity contribution >= 4 is 33.4 Å². The molecule has 0 bridgehead atoms. The van der Waals surface area contributed by atoms with Crippen molar-refractivity contribution in [3.05, 3.63) is 28.5 Å². The lowest BCUT2D eigenvalue weighted by Crippen LogP contribution is -2.61. The molecule has 2 saturated heterocycles. The highest BCUT2D eigenvalue weighted by Crippen LogP contribution is 2.31. The molecule has 2 heterocycles. The minimum absolute atomic E-state index is 0.0273. The Labute approximate surface area is 124 Å². The molecule has 2 aliphatic heterocycles. The molecule has 0 radical (unpaired) electrons. The summed E-state index contributed by atoms with van der Waals surface area (Å²) >= 11 is 3.26. The summed E-state index contributed by atoms with van der Waals surface area (Å²) < 4.78 is 13.6. The lowest BCUT2D eigenvalue weighted by molar-refractivity contribution is -0.144. The molecule has 1 aromatic carbocycles.